The van der Waals surface area contributed by atoms with Gasteiger partial charge in [0, 0.05) is 0 Å². The van der Waals surface area contributed by atoms with Crippen molar-refractivity contribution >= 4 is 10.8 Å². The maximum Gasteiger partial charge on any atom is -0.0184 e. The van der Waals surface area contributed by atoms with Gasteiger partial charge in [-0.3, -0.25) is 0 Å². The zero-order valence-corrected chi connectivity index (χ0v) is 15.5. The van der Waals surface area contributed by atoms with Crippen LogP contribution in [0.1, 0.15) is 76.7 Å². The Hall–Kier alpha value is -1.30. The molecule has 0 aliphatic carbocycles. The summed E-state index contributed by atoms with van der Waals surface area (Å²) < 4.78 is 0. The van der Waals surface area contributed by atoms with Crippen molar-refractivity contribution in [2.45, 2.75) is 76.7 Å². The van der Waals surface area contributed by atoms with Gasteiger partial charge in [-0.25, -0.2) is 0 Å². The summed E-state index contributed by atoms with van der Waals surface area (Å²) in [5.74, 6) is 1.72. The van der Waals surface area contributed by atoms with Crippen LogP contribution in [0.5, 0.6) is 0 Å². The maximum atomic E-state index is 2.22. The van der Waals surface area contributed by atoms with E-state index in [1.807, 2.05) is 13.8 Å². The van der Waals surface area contributed by atoms with E-state index in [-0.39, 0.29) is 14.9 Å². The molecule has 0 N–H and O–H groups in total. The molecule has 136 valence electrons. The molecule has 23 heavy (non-hydrogen) atoms. The third-order valence-corrected chi connectivity index (χ3v) is 2.48. The highest BCUT2D eigenvalue weighted by atomic mass is 13.9. The van der Waals surface area contributed by atoms with Gasteiger partial charge >= 0.3 is 0 Å². The van der Waals surface area contributed by atoms with E-state index < -0.39 is 0 Å². The van der Waals surface area contributed by atoms with E-state index in [9.17, 15) is 0 Å². The molecule has 0 saturated heterocycles. The average molecular weight is 321 g/mol. The summed E-state index contributed by atoms with van der Waals surface area (Å²) >= 11 is 0. The summed E-state index contributed by atoms with van der Waals surface area (Å²) in [4.78, 5) is 0. The number of rotatable bonds is 1. The molecule has 0 fully saturated rings. The number of hydrogen-bond donors (Lipinski definition) is 0. The lowest BCUT2D eigenvalue weighted by Crippen LogP contribution is -1.77. The monoisotopic (exact) mass is 320 g/mol. The molecule has 0 aliphatic rings. The molecule has 0 bridgehead atoms. The Balaban J connectivity index is -0.000000121. The summed E-state index contributed by atoms with van der Waals surface area (Å²) in [5, 5.41) is 2.62. The van der Waals surface area contributed by atoms with Crippen molar-refractivity contribution in [3.63, 3.8) is 0 Å². The van der Waals surface area contributed by atoms with Crippen molar-refractivity contribution in [1.29, 1.82) is 0 Å². The first-order chi connectivity index (χ1) is 9.97. The first-order valence-electron chi connectivity index (χ1n) is 8.41. The van der Waals surface area contributed by atoms with Crippen LogP contribution in [0.2, 0.25) is 0 Å². The van der Waals surface area contributed by atoms with Crippen molar-refractivity contribution in [3.05, 3.63) is 48.5 Å². The molecule has 0 aromatic heterocycles. The zero-order chi connectivity index (χ0) is 16.7. The quantitative estimate of drug-likeness (QED) is 0.492. The molecule has 0 radical (unpaired) electrons. The SMILES string of the molecule is C.C.CC.CC(C)C.CCC(C)C.c1ccc2ccccc2c1. The second-order valence-corrected chi connectivity index (χ2v) is 5.88. The molecule has 0 saturated carbocycles. The topological polar surface area (TPSA) is 0 Å². The van der Waals surface area contributed by atoms with Crippen LogP contribution in [0.25, 0.3) is 10.8 Å². The highest BCUT2D eigenvalue weighted by molar-refractivity contribution is 5.81. The van der Waals surface area contributed by atoms with Gasteiger partial charge < -0.3 is 0 Å². The third kappa shape index (κ3) is 20.7. The maximum absolute atomic E-state index is 2.22. The fraction of sp³-hybridized carbons (Fsp3) is 0.565. The molecular weight excluding hydrogens is 276 g/mol. The van der Waals surface area contributed by atoms with Crippen molar-refractivity contribution in [3.8, 4) is 0 Å². The minimum atomic E-state index is 0. The molecule has 0 spiro atoms. The van der Waals surface area contributed by atoms with Crippen molar-refractivity contribution in [2.24, 2.45) is 11.8 Å². The molecule has 0 nitrogen and oxygen atoms in total. The number of benzene rings is 2. The van der Waals surface area contributed by atoms with E-state index in [4.69, 9.17) is 0 Å². The zero-order valence-electron chi connectivity index (χ0n) is 15.5. The van der Waals surface area contributed by atoms with Crippen LogP contribution in [0, 0.1) is 11.8 Å². The van der Waals surface area contributed by atoms with Gasteiger partial charge in [-0.05, 0) is 22.6 Å². The molecule has 2 aromatic rings. The van der Waals surface area contributed by atoms with Crippen LogP contribution >= 0.6 is 0 Å². The molecule has 2 aromatic carbocycles. The fourth-order valence-corrected chi connectivity index (χ4v) is 1.13. The van der Waals surface area contributed by atoms with Crippen molar-refractivity contribution in [2.75, 3.05) is 0 Å². The molecule has 0 unspecified atom stereocenters. The van der Waals surface area contributed by atoms with Gasteiger partial charge in [0.1, 0.15) is 0 Å². The normalized spacial score (nSPS) is 8.26. The van der Waals surface area contributed by atoms with Gasteiger partial charge in [0.25, 0.3) is 0 Å². The second-order valence-electron chi connectivity index (χ2n) is 5.88. The minimum absolute atomic E-state index is 0. The van der Waals surface area contributed by atoms with E-state index in [2.05, 4.69) is 90.1 Å². The van der Waals surface area contributed by atoms with Gasteiger partial charge in [-0.2, -0.15) is 0 Å². The molecule has 0 heteroatoms. The van der Waals surface area contributed by atoms with Gasteiger partial charge in [-0.1, -0.05) is 125 Å². The molecule has 0 atom stereocenters. The lowest BCUT2D eigenvalue weighted by atomic mass is 10.1. The Morgan fingerprint density at radius 3 is 0.957 bits per heavy atom. The Bertz CT molecular complexity index is 358. The predicted molar refractivity (Wildman–Crippen MR) is 114 cm³/mol. The second kappa shape index (κ2) is 20.7. The highest BCUT2D eigenvalue weighted by Crippen LogP contribution is 2.11. The van der Waals surface area contributed by atoms with Crippen molar-refractivity contribution < 1.29 is 0 Å². The van der Waals surface area contributed by atoms with E-state index >= 15 is 0 Å². The summed E-state index contributed by atoms with van der Waals surface area (Å²) in [5.41, 5.74) is 0. The van der Waals surface area contributed by atoms with E-state index in [1.54, 1.807) is 0 Å². The average Bonchev–Trinajstić information content (AvgIpc) is 2.49. The Morgan fingerprint density at radius 2 is 0.826 bits per heavy atom. The molecule has 0 heterocycles. The predicted octanol–water partition coefficient (Wildman–Crippen LogP) is 8.85. The Kier molecular flexibility index (Phi) is 26.7. The highest BCUT2D eigenvalue weighted by Gasteiger charge is 1.85. The fourth-order valence-electron chi connectivity index (χ4n) is 1.13. The molecule has 0 aliphatic heterocycles. The van der Waals surface area contributed by atoms with Crippen LogP contribution in [0.15, 0.2) is 48.5 Å². The Labute approximate surface area is 148 Å². The van der Waals surface area contributed by atoms with Crippen LogP contribution in [0.4, 0.5) is 0 Å². The van der Waals surface area contributed by atoms with Gasteiger partial charge in [-0.15, -0.1) is 0 Å². The summed E-state index contributed by atoms with van der Waals surface area (Å²) in [6, 6.07) is 16.7. The first-order valence-corrected chi connectivity index (χ1v) is 8.41. The van der Waals surface area contributed by atoms with Crippen LogP contribution in [-0.2, 0) is 0 Å². The first kappa shape index (κ1) is 29.7. The smallest absolute Gasteiger partial charge is 0.0184 e. The Morgan fingerprint density at radius 1 is 0.652 bits per heavy atom. The largest absolute Gasteiger partial charge is 0.0776 e. The molecular formula is C23H44. The summed E-state index contributed by atoms with van der Waals surface area (Å²) in [6.45, 7) is 17.1. The standard InChI is InChI=1S/C10H8.C5H12.C4H10.C2H6.2CH4/c1-2-6-10-8-4-3-7-9(10)5-1;1-4-5(2)3;1-4(2)3;1-2;;/h1-8H;5H,4H2,1-3H3;4H,1-3H3;1-2H3;2*1H4. The minimum Gasteiger partial charge on any atom is -0.0776 e. The van der Waals surface area contributed by atoms with Crippen molar-refractivity contribution in [1.82, 2.24) is 0 Å². The van der Waals surface area contributed by atoms with E-state index in [1.165, 1.54) is 17.2 Å². The third-order valence-electron chi connectivity index (χ3n) is 2.48. The summed E-state index contributed by atoms with van der Waals surface area (Å²) in [6.07, 6.45) is 1.31. The van der Waals surface area contributed by atoms with Crippen LogP contribution in [-0.4, -0.2) is 0 Å². The van der Waals surface area contributed by atoms with Gasteiger partial charge in [0.05, 0.1) is 0 Å². The van der Waals surface area contributed by atoms with E-state index in [0.717, 1.165) is 11.8 Å². The van der Waals surface area contributed by atoms with Crippen LogP contribution < -0.4 is 0 Å². The number of fused-ring (bicyclic) bond motifs is 1. The lowest BCUT2D eigenvalue weighted by Gasteiger charge is -1.92. The van der Waals surface area contributed by atoms with Gasteiger partial charge in [0.15, 0.2) is 0 Å². The van der Waals surface area contributed by atoms with Crippen LogP contribution in [0.3, 0.4) is 0 Å². The number of hydrogen-bond acceptors (Lipinski definition) is 0. The lowest BCUT2D eigenvalue weighted by molar-refractivity contribution is 0.626. The van der Waals surface area contributed by atoms with E-state index in [0.29, 0.717) is 0 Å². The summed E-state index contributed by atoms with van der Waals surface area (Å²) in [7, 11) is 0. The molecule has 2 rings (SSSR count). The molecule has 0 amide bonds. The van der Waals surface area contributed by atoms with Gasteiger partial charge in [0.2, 0.25) is 0 Å².